The second-order valence-corrected chi connectivity index (χ2v) is 6.40. The molecule has 120 valence electrons. The quantitative estimate of drug-likeness (QED) is 0.587. The van der Waals surface area contributed by atoms with Crippen LogP contribution >= 0.6 is 0 Å². The maximum atomic E-state index is 12.9. The number of anilines is 1. The Bertz CT molecular complexity index is 693. The highest BCUT2D eigenvalue weighted by Gasteiger charge is 2.56. The van der Waals surface area contributed by atoms with Gasteiger partial charge in [-0.25, -0.2) is 0 Å². The van der Waals surface area contributed by atoms with E-state index >= 15 is 0 Å². The first-order chi connectivity index (χ1) is 10.9. The molecule has 23 heavy (non-hydrogen) atoms. The fraction of sp³-hybridized carbons (Fsp3) is 0.412. The molecule has 0 radical (unpaired) electrons. The Hall–Kier alpha value is -2.11. The number of imide groups is 1. The van der Waals surface area contributed by atoms with Crippen molar-refractivity contribution in [3.63, 3.8) is 0 Å². The number of amides is 2. The molecule has 1 saturated heterocycles. The number of carbonyl (C=O) groups excluding carboxylic acids is 2. The van der Waals surface area contributed by atoms with Gasteiger partial charge >= 0.3 is 6.18 Å². The van der Waals surface area contributed by atoms with Crippen molar-refractivity contribution in [3.8, 4) is 0 Å². The lowest BCUT2D eigenvalue weighted by Gasteiger charge is -2.38. The number of hydrogen-bond acceptors (Lipinski definition) is 2. The average Bonchev–Trinajstić information content (AvgIpc) is 2.81. The summed E-state index contributed by atoms with van der Waals surface area (Å²) in [4.78, 5) is 26.3. The summed E-state index contributed by atoms with van der Waals surface area (Å²) in [5.41, 5.74) is -0.838. The van der Waals surface area contributed by atoms with E-state index in [1.165, 1.54) is 12.1 Å². The molecule has 0 aromatic heterocycles. The number of rotatable bonds is 1. The smallest absolute Gasteiger partial charge is 0.274 e. The van der Waals surface area contributed by atoms with Gasteiger partial charge in [0, 0.05) is 0 Å². The minimum Gasteiger partial charge on any atom is -0.274 e. The van der Waals surface area contributed by atoms with Gasteiger partial charge in [-0.3, -0.25) is 14.5 Å². The van der Waals surface area contributed by atoms with Gasteiger partial charge in [0.05, 0.1) is 23.1 Å². The van der Waals surface area contributed by atoms with Gasteiger partial charge in [0.25, 0.3) is 0 Å². The van der Waals surface area contributed by atoms with Crippen molar-refractivity contribution in [1.82, 2.24) is 0 Å². The standard InChI is InChI=1S/C17H14F3NO2/c18-17(19,20)11-2-1-3-12(8-11)21-15(22)13-9-4-5-10(7-6-9)14(13)16(21)23/h1-5,8-10,13-14H,6-7H2/t9-,10-,13-,14-/m1/s1. The summed E-state index contributed by atoms with van der Waals surface area (Å²) >= 11 is 0. The van der Waals surface area contributed by atoms with Crippen LogP contribution in [0.3, 0.4) is 0 Å². The second-order valence-electron chi connectivity index (χ2n) is 6.40. The van der Waals surface area contributed by atoms with E-state index in [9.17, 15) is 22.8 Å². The molecule has 1 aromatic rings. The fourth-order valence-corrected chi connectivity index (χ4v) is 4.15. The van der Waals surface area contributed by atoms with Crippen LogP contribution in [0.25, 0.3) is 0 Å². The van der Waals surface area contributed by atoms with Crippen molar-refractivity contribution in [1.29, 1.82) is 0 Å². The number of hydrogen-bond donors (Lipinski definition) is 0. The van der Waals surface area contributed by atoms with Crippen LogP contribution in [0.1, 0.15) is 18.4 Å². The lowest BCUT2D eigenvalue weighted by Crippen LogP contribution is -2.38. The Balaban J connectivity index is 1.74. The molecule has 6 heteroatoms. The molecule has 0 spiro atoms. The van der Waals surface area contributed by atoms with Crippen molar-refractivity contribution < 1.29 is 22.8 Å². The molecule has 1 aliphatic heterocycles. The van der Waals surface area contributed by atoms with E-state index in [2.05, 4.69) is 0 Å². The van der Waals surface area contributed by atoms with Gasteiger partial charge in [0.15, 0.2) is 0 Å². The molecule has 3 aliphatic carbocycles. The van der Waals surface area contributed by atoms with Gasteiger partial charge in [-0.05, 0) is 42.9 Å². The van der Waals surface area contributed by atoms with Crippen molar-refractivity contribution in [3.05, 3.63) is 42.0 Å². The molecule has 2 fully saturated rings. The number of benzene rings is 1. The van der Waals surface area contributed by atoms with Crippen molar-refractivity contribution >= 4 is 17.5 Å². The summed E-state index contributed by atoms with van der Waals surface area (Å²) in [6.45, 7) is 0. The molecule has 2 bridgehead atoms. The van der Waals surface area contributed by atoms with Crippen LogP contribution in [0, 0.1) is 23.7 Å². The maximum Gasteiger partial charge on any atom is 0.416 e. The summed E-state index contributed by atoms with van der Waals surface area (Å²) in [6.07, 6.45) is 1.18. The number of alkyl halides is 3. The summed E-state index contributed by atoms with van der Waals surface area (Å²) in [5.74, 6) is -1.51. The van der Waals surface area contributed by atoms with E-state index in [0.29, 0.717) is 0 Å². The molecule has 3 nitrogen and oxygen atoms in total. The van der Waals surface area contributed by atoms with E-state index in [1.807, 2.05) is 12.2 Å². The third kappa shape index (κ3) is 2.04. The van der Waals surface area contributed by atoms with Gasteiger partial charge in [0.2, 0.25) is 11.8 Å². The highest BCUT2D eigenvalue weighted by molar-refractivity contribution is 6.22. The third-order valence-electron chi connectivity index (χ3n) is 5.19. The van der Waals surface area contributed by atoms with Gasteiger partial charge < -0.3 is 0 Å². The topological polar surface area (TPSA) is 37.4 Å². The highest BCUT2D eigenvalue weighted by Crippen LogP contribution is 2.50. The van der Waals surface area contributed by atoms with Crippen molar-refractivity contribution in [2.75, 3.05) is 4.90 Å². The molecular weight excluding hydrogens is 307 g/mol. The Labute approximate surface area is 130 Å². The zero-order valence-electron chi connectivity index (χ0n) is 12.1. The van der Waals surface area contributed by atoms with Crippen LogP contribution in [-0.2, 0) is 15.8 Å². The van der Waals surface area contributed by atoms with Crippen LogP contribution < -0.4 is 4.90 Å². The van der Waals surface area contributed by atoms with Crippen LogP contribution in [0.15, 0.2) is 36.4 Å². The fourth-order valence-electron chi connectivity index (χ4n) is 4.15. The van der Waals surface area contributed by atoms with Crippen molar-refractivity contribution in [2.45, 2.75) is 19.0 Å². The Kier molecular flexibility index (Phi) is 2.95. The molecule has 0 unspecified atom stereocenters. The first-order valence-electron chi connectivity index (χ1n) is 7.61. The SMILES string of the molecule is O=C1[C@H]2[C@H](C(=O)N1c1cccc(C(F)(F)F)c1)[C@@H]1C=C[C@@H]2CC1. The molecule has 4 aliphatic rings. The normalized spacial score (nSPS) is 32.6. The molecule has 1 aromatic carbocycles. The summed E-state index contributed by atoms with van der Waals surface area (Å²) in [5, 5.41) is 0. The van der Waals surface area contributed by atoms with Crippen LogP contribution in [0.2, 0.25) is 0 Å². The first kappa shape index (κ1) is 14.5. The number of allylic oxidation sites excluding steroid dienone is 2. The number of halogens is 3. The monoisotopic (exact) mass is 321 g/mol. The summed E-state index contributed by atoms with van der Waals surface area (Å²) in [7, 11) is 0. The van der Waals surface area contributed by atoms with E-state index < -0.39 is 23.6 Å². The predicted octanol–water partition coefficient (Wildman–Crippen LogP) is 3.41. The predicted molar refractivity (Wildman–Crippen MR) is 76.3 cm³/mol. The Morgan fingerprint density at radius 2 is 1.52 bits per heavy atom. The lowest BCUT2D eigenvalue weighted by molar-refractivity contribution is -0.137. The van der Waals surface area contributed by atoms with E-state index in [0.717, 1.165) is 29.9 Å². The third-order valence-corrected chi connectivity index (χ3v) is 5.19. The van der Waals surface area contributed by atoms with Gasteiger partial charge in [0.1, 0.15) is 0 Å². The maximum absolute atomic E-state index is 12.9. The lowest BCUT2D eigenvalue weighted by atomic mass is 9.63. The minimum atomic E-state index is -4.50. The zero-order valence-corrected chi connectivity index (χ0v) is 12.1. The molecule has 4 atom stereocenters. The molecule has 1 heterocycles. The molecule has 2 amide bonds. The average molecular weight is 321 g/mol. The Morgan fingerprint density at radius 1 is 0.957 bits per heavy atom. The number of fused-ring (bicyclic) bond motifs is 1. The van der Waals surface area contributed by atoms with Crippen LogP contribution in [0.5, 0.6) is 0 Å². The first-order valence-corrected chi connectivity index (χ1v) is 7.61. The second kappa shape index (κ2) is 4.69. The largest absolute Gasteiger partial charge is 0.416 e. The van der Waals surface area contributed by atoms with Crippen molar-refractivity contribution in [2.24, 2.45) is 23.7 Å². The van der Waals surface area contributed by atoms with Gasteiger partial charge in [-0.2, -0.15) is 13.2 Å². The highest BCUT2D eigenvalue weighted by atomic mass is 19.4. The van der Waals surface area contributed by atoms with Crippen LogP contribution in [-0.4, -0.2) is 11.8 Å². The number of nitrogens with zero attached hydrogens (tertiary/aromatic N) is 1. The Morgan fingerprint density at radius 3 is 2.00 bits per heavy atom. The zero-order chi connectivity index (χ0) is 16.4. The summed E-state index contributed by atoms with van der Waals surface area (Å²) in [6, 6.07) is 4.43. The van der Waals surface area contributed by atoms with E-state index in [4.69, 9.17) is 0 Å². The van der Waals surface area contributed by atoms with E-state index in [1.54, 1.807) is 0 Å². The van der Waals surface area contributed by atoms with Gasteiger partial charge in [-0.1, -0.05) is 18.2 Å². The molecular formula is C17H14F3NO2. The van der Waals surface area contributed by atoms with Gasteiger partial charge in [-0.15, -0.1) is 0 Å². The number of carbonyl (C=O) groups is 2. The van der Waals surface area contributed by atoms with Crippen LogP contribution in [0.4, 0.5) is 18.9 Å². The molecule has 5 rings (SSSR count). The van der Waals surface area contributed by atoms with E-state index in [-0.39, 0.29) is 29.3 Å². The minimum absolute atomic E-state index is 0.0172. The molecule has 0 N–H and O–H groups in total. The molecule has 1 saturated carbocycles. The summed E-state index contributed by atoms with van der Waals surface area (Å²) < 4.78 is 38.6.